The van der Waals surface area contributed by atoms with Gasteiger partial charge in [0.25, 0.3) is 0 Å². The summed E-state index contributed by atoms with van der Waals surface area (Å²) in [5.41, 5.74) is 2.03. The Kier molecular flexibility index (Phi) is 5.94. The summed E-state index contributed by atoms with van der Waals surface area (Å²) < 4.78 is 0. The van der Waals surface area contributed by atoms with Crippen LogP contribution in [-0.2, 0) is 9.59 Å². The topological polar surface area (TPSA) is 49.4 Å². The van der Waals surface area contributed by atoms with Crippen molar-refractivity contribution in [3.8, 4) is 0 Å². The highest BCUT2D eigenvalue weighted by Gasteiger charge is 2.28. The van der Waals surface area contributed by atoms with E-state index in [0.717, 1.165) is 11.1 Å². The molecule has 0 bridgehead atoms. The first-order valence-corrected chi connectivity index (χ1v) is 9.28. The molecule has 26 heavy (non-hydrogen) atoms. The van der Waals surface area contributed by atoms with Gasteiger partial charge in [0.05, 0.1) is 6.04 Å². The second kappa shape index (κ2) is 8.37. The average Bonchev–Trinajstić information content (AvgIpc) is 2.67. The lowest BCUT2D eigenvalue weighted by Gasteiger charge is -2.31. The molecule has 1 fully saturated rings. The lowest BCUT2D eigenvalue weighted by molar-refractivity contribution is -0.134. The molecule has 1 N–H and O–H groups in total. The quantitative estimate of drug-likeness (QED) is 0.889. The third kappa shape index (κ3) is 4.44. The second-order valence-electron chi connectivity index (χ2n) is 6.68. The van der Waals surface area contributed by atoms with Gasteiger partial charge in [-0.2, -0.15) is 0 Å². The van der Waals surface area contributed by atoms with Crippen molar-refractivity contribution in [2.45, 2.75) is 25.8 Å². The SMILES string of the molecule is CC(=O)N1CCC(C(=O)NC(c2ccccc2)c2ccc(Cl)cc2)CC1. The number of hydrogen-bond donors (Lipinski definition) is 1. The van der Waals surface area contributed by atoms with Crippen LogP contribution in [0.25, 0.3) is 0 Å². The maximum atomic E-state index is 12.9. The van der Waals surface area contributed by atoms with E-state index in [9.17, 15) is 9.59 Å². The van der Waals surface area contributed by atoms with Crippen LogP contribution in [0, 0.1) is 5.92 Å². The van der Waals surface area contributed by atoms with E-state index in [-0.39, 0.29) is 23.8 Å². The fourth-order valence-electron chi connectivity index (χ4n) is 3.38. The summed E-state index contributed by atoms with van der Waals surface area (Å²) in [6.45, 7) is 2.86. The van der Waals surface area contributed by atoms with Crippen molar-refractivity contribution in [1.29, 1.82) is 0 Å². The van der Waals surface area contributed by atoms with Crippen LogP contribution in [0.5, 0.6) is 0 Å². The largest absolute Gasteiger partial charge is 0.345 e. The normalized spacial score (nSPS) is 16.2. The molecular weight excluding hydrogens is 348 g/mol. The Morgan fingerprint density at radius 3 is 2.15 bits per heavy atom. The van der Waals surface area contributed by atoms with Gasteiger partial charge in [-0.25, -0.2) is 0 Å². The zero-order valence-corrected chi connectivity index (χ0v) is 15.6. The van der Waals surface area contributed by atoms with E-state index in [4.69, 9.17) is 11.6 Å². The second-order valence-corrected chi connectivity index (χ2v) is 7.12. The monoisotopic (exact) mass is 370 g/mol. The molecule has 1 heterocycles. The molecule has 136 valence electrons. The number of nitrogens with one attached hydrogen (secondary N) is 1. The Balaban J connectivity index is 1.75. The molecule has 0 saturated carbocycles. The maximum absolute atomic E-state index is 12.9. The zero-order chi connectivity index (χ0) is 18.5. The van der Waals surface area contributed by atoms with E-state index in [1.165, 1.54) is 0 Å². The van der Waals surface area contributed by atoms with Gasteiger partial charge in [-0.1, -0.05) is 54.1 Å². The highest BCUT2D eigenvalue weighted by atomic mass is 35.5. The lowest BCUT2D eigenvalue weighted by Crippen LogP contribution is -2.43. The summed E-state index contributed by atoms with van der Waals surface area (Å²) in [5, 5.41) is 3.87. The van der Waals surface area contributed by atoms with Crippen molar-refractivity contribution in [2.75, 3.05) is 13.1 Å². The van der Waals surface area contributed by atoms with Gasteiger partial charge in [0.1, 0.15) is 0 Å². The van der Waals surface area contributed by atoms with Crippen LogP contribution in [0.3, 0.4) is 0 Å². The van der Waals surface area contributed by atoms with Crippen molar-refractivity contribution < 1.29 is 9.59 Å². The van der Waals surface area contributed by atoms with Crippen LogP contribution >= 0.6 is 11.6 Å². The Bertz CT molecular complexity index is 753. The van der Waals surface area contributed by atoms with Crippen LogP contribution in [0.4, 0.5) is 0 Å². The van der Waals surface area contributed by atoms with E-state index in [1.54, 1.807) is 11.8 Å². The van der Waals surface area contributed by atoms with E-state index in [2.05, 4.69) is 5.32 Å². The van der Waals surface area contributed by atoms with Crippen molar-refractivity contribution in [2.24, 2.45) is 5.92 Å². The summed E-state index contributed by atoms with van der Waals surface area (Å²) in [5.74, 6) is 0.0494. The molecule has 1 unspecified atom stereocenters. The Morgan fingerprint density at radius 2 is 1.58 bits per heavy atom. The summed E-state index contributed by atoms with van der Waals surface area (Å²) in [6, 6.07) is 17.3. The Hall–Kier alpha value is -2.33. The minimum absolute atomic E-state index is 0.0389. The number of rotatable bonds is 4. The molecule has 0 aromatic heterocycles. The third-order valence-electron chi connectivity index (χ3n) is 4.93. The van der Waals surface area contributed by atoms with Crippen molar-refractivity contribution >= 4 is 23.4 Å². The lowest BCUT2D eigenvalue weighted by atomic mass is 9.93. The summed E-state index contributed by atoms with van der Waals surface area (Å²) in [6.07, 6.45) is 1.40. The van der Waals surface area contributed by atoms with Gasteiger partial charge in [-0.05, 0) is 36.1 Å². The highest BCUT2D eigenvalue weighted by Crippen LogP contribution is 2.25. The van der Waals surface area contributed by atoms with Crippen molar-refractivity contribution in [3.63, 3.8) is 0 Å². The highest BCUT2D eigenvalue weighted by molar-refractivity contribution is 6.30. The maximum Gasteiger partial charge on any atom is 0.223 e. The molecule has 1 aliphatic heterocycles. The third-order valence-corrected chi connectivity index (χ3v) is 5.19. The predicted octanol–water partition coefficient (Wildman–Crippen LogP) is 3.80. The summed E-state index contributed by atoms with van der Waals surface area (Å²) >= 11 is 6.01. The summed E-state index contributed by atoms with van der Waals surface area (Å²) in [4.78, 5) is 26.1. The fourth-order valence-corrected chi connectivity index (χ4v) is 3.50. The molecule has 2 amide bonds. The Labute approximate surface area is 159 Å². The zero-order valence-electron chi connectivity index (χ0n) is 14.8. The van der Waals surface area contributed by atoms with Gasteiger partial charge in [0, 0.05) is 31.0 Å². The van der Waals surface area contributed by atoms with E-state index < -0.39 is 0 Å². The predicted molar refractivity (Wildman–Crippen MR) is 103 cm³/mol. The number of halogens is 1. The van der Waals surface area contributed by atoms with E-state index in [0.29, 0.717) is 31.0 Å². The summed E-state index contributed by atoms with van der Waals surface area (Å²) in [7, 11) is 0. The molecule has 1 atom stereocenters. The number of nitrogens with zero attached hydrogens (tertiary/aromatic N) is 1. The molecule has 4 nitrogen and oxygen atoms in total. The first-order chi connectivity index (χ1) is 12.5. The smallest absolute Gasteiger partial charge is 0.223 e. The fraction of sp³-hybridized carbons (Fsp3) is 0.333. The standard InChI is InChI=1S/C21H23ClN2O2/c1-15(25)24-13-11-18(12-14-24)21(26)23-20(16-5-3-2-4-6-16)17-7-9-19(22)10-8-17/h2-10,18,20H,11-14H2,1H3,(H,23,26). The molecule has 1 saturated heterocycles. The van der Waals surface area contributed by atoms with Crippen LogP contribution in [0.2, 0.25) is 5.02 Å². The van der Waals surface area contributed by atoms with Crippen LogP contribution in [0.15, 0.2) is 54.6 Å². The van der Waals surface area contributed by atoms with Gasteiger partial charge in [-0.3, -0.25) is 9.59 Å². The van der Waals surface area contributed by atoms with Gasteiger partial charge >= 0.3 is 0 Å². The van der Waals surface area contributed by atoms with Crippen molar-refractivity contribution in [3.05, 3.63) is 70.7 Å². The number of likely N-dealkylation sites (tertiary alicyclic amines) is 1. The van der Waals surface area contributed by atoms with Gasteiger partial charge in [-0.15, -0.1) is 0 Å². The van der Waals surface area contributed by atoms with Crippen LogP contribution < -0.4 is 5.32 Å². The molecule has 0 aliphatic carbocycles. The molecule has 3 rings (SSSR count). The van der Waals surface area contributed by atoms with E-state index in [1.807, 2.05) is 54.6 Å². The molecule has 1 aliphatic rings. The Morgan fingerprint density at radius 1 is 1.00 bits per heavy atom. The molecule has 0 spiro atoms. The molecular formula is C21H23ClN2O2. The first kappa shape index (κ1) is 18.5. The number of carbonyl (C=O) groups excluding carboxylic acids is 2. The number of amides is 2. The molecule has 2 aromatic rings. The molecule has 0 radical (unpaired) electrons. The molecule has 5 heteroatoms. The number of piperidine rings is 1. The van der Waals surface area contributed by atoms with Crippen LogP contribution in [0.1, 0.15) is 36.9 Å². The first-order valence-electron chi connectivity index (χ1n) is 8.91. The minimum Gasteiger partial charge on any atom is -0.345 e. The minimum atomic E-state index is -0.216. The average molecular weight is 371 g/mol. The van der Waals surface area contributed by atoms with Crippen molar-refractivity contribution in [1.82, 2.24) is 10.2 Å². The molecule has 2 aromatic carbocycles. The number of benzene rings is 2. The van der Waals surface area contributed by atoms with Gasteiger partial charge in [0.15, 0.2) is 0 Å². The number of hydrogen-bond acceptors (Lipinski definition) is 2. The van der Waals surface area contributed by atoms with Gasteiger partial charge < -0.3 is 10.2 Å². The van der Waals surface area contributed by atoms with E-state index >= 15 is 0 Å². The number of carbonyl (C=O) groups is 2. The van der Waals surface area contributed by atoms with Gasteiger partial charge in [0.2, 0.25) is 11.8 Å². The van der Waals surface area contributed by atoms with Crippen LogP contribution in [-0.4, -0.2) is 29.8 Å².